The zero-order chi connectivity index (χ0) is 12.2. The lowest BCUT2D eigenvalue weighted by atomic mass is 10.0. The quantitative estimate of drug-likeness (QED) is 0.802. The second kappa shape index (κ2) is 5.32. The molecule has 0 radical (unpaired) electrons. The Morgan fingerprint density at radius 2 is 1.88 bits per heavy atom. The normalized spacial score (nSPS) is 11.8. The molecule has 0 bridgehead atoms. The second-order valence-corrected chi connectivity index (χ2v) is 5.55. The molecule has 2 N–H and O–H groups in total. The van der Waals surface area contributed by atoms with Gasteiger partial charge in [-0.25, -0.2) is 0 Å². The van der Waals surface area contributed by atoms with Gasteiger partial charge in [0.2, 0.25) is 0 Å². The molecule has 1 rings (SSSR count). The molecule has 0 fully saturated rings. The van der Waals surface area contributed by atoms with Crippen LogP contribution in [0.5, 0.6) is 5.75 Å². The van der Waals surface area contributed by atoms with Crippen molar-refractivity contribution in [1.29, 1.82) is 0 Å². The summed E-state index contributed by atoms with van der Waals surface area (Å²) < 4.78 is 27.5. The van der Waals surface area contributed by atoms with E-state index < -0.39 is 10.1 Å². The highest BCUT2D eigenvalue weighted by molar-refractivity contribution is 7.87. The summed E-state index contributed by atoms with van der Waals surface area (Å²) in [5.41, 5.74) is 6.32. The molecule has 0 spiro atoms. The van der Waals surface area contributed by atoms with Gasteiger partial charge in [0.15, 0.2) is 0 Å². The maximum absolute atomic E-state index is 11.3. The predicted molar refractivity (Wildman–Crippen MR) is 66.1 cm³/mol. The molecule has 5 heteroatoms. The molecule has 0 aromatic heterocycles. The van der Waals surface area contributed by atoms with Gasteiger partial charge in [-0.1, -0.05) is 26.0 Å². The fourth-order valence-corrected chi connectivity index (χ4v) is 2.02. The third kappa shape index (κ3) is 3.83. The smallest absolute Gasteiger partial charge is 0.310 e. The van der Waals surface area contributed by atoms with E-state index in [0.29, 0.717) is 11.7 Å². The molecule has 0 amide bonds. The van der Waals surface area contributed by atoms with Crippen molar-refractivity contribution in [1.82, 2.24) is 0 Å². The fourth-order valence-electron chi connectivity index (χ4n) is 1.24. The third-order valence-corrected chi connectivity index (χ3v) is 3.32. The highest BCUT2D eigenvalue weighted by Crippen LogP contribution is 2.19. The lowest BCUT2D eigenvalue weighted by Gasteiger charge is -2.08. The first-order valence-electron chi connectivity index (χ1n) is 5.17. The summed E-state index contributed by atoms with van der Waals surface area (Å²) in [5.74, 6) is 0.575. The summed E-state index contributed by atoms with van der Waals surface area (Å²) in [7, 11) is -3.54. The van der Waals surface area contributed by atoms with Crippen molar-refractivity contribution < 1.29 is 14.0 Å². The van der Waals surface area contributed by atoms with Crippen molar-refractivity contribution in [2.75, 3.05) is 12.3 Å². The predicted octanol–water partition coefficient (Wildman–Crippen LogP) is 1.72. The molecule has 92 valence electrons. The summed E-state index contributed by atoms with van der Waals surface area (Å²) in [6.07, 6.45) is 0. The topological polar surface area (TPSA) is 69.4 Å². The largest absolute Gasteiger partial charge is 0.382 e. The van der Waals surface area contributed by atoms with Crippen LogP contribution in [0.1, 0.15) is 26.8 Å². The number of nitrogens with two attached hydrogens (primary N) is 1. The SMILES string of the molecule is CC(C)c1ccc(OS(=O)(=O)CCN)cc1.[HH]. The first-order valence-corrected chi connectivity index (χ1v) is 6.74. The van der Waals surface area contributed by atoms with Crippen molar-refractivity contribution >= 4 is 10.1 Å². The van der Waals surface area contributed by atoms with Crippen LogP contribution in [0.4, 0.5) is 0 Å². The van der Waals surface area contributed by atoms with Gasteiger partial charge in [-0.05, 0) is 23.6 Å². The maximum Gasteiger partial charge on any atom is 0.310 e. The van der Waals surface area contributed by atoms with E-state index in [-0.39, 0.29) is 13.7 Å². The molecule has 0 unspecified atom stereocenters. The van der Waals surface area contributed by atoms with Gasteiger partial charge in [-0.3, -0.25) is 0 Å². The lowest BCUT2D eigenvalue weighted by Crippen LogP contribution is -2.20. The average molecular weight is 245 g/mol. The van der Waals surface area contributed by atoms with Crippen LogP contribution in [-0.2, 0) is 10.1 Å². The molecule has 16 heavy (non-hydrogen) atoms. The Morgan fingerprint density at radius 1 is 1.31 bits per heavy atom. The van der Waals surface area contributed by atoms with Gasteiger partial charge in [0.05, 0.1) is 5.75 Å². The number of rotatable bonds is 5. The molecule has 0 aliphatic carbocycles. The fraction of sp³-hybridized carbons (Fsp3) is 0.455. The second-order valence-electron chi connectivity index (χ2n) is 3.86. The molecule has 0 atom stereocenters. The van der Waals surface area contributed by atoms with Gasteiger partial charge >= 0.3 is 10.1 Å². The van der Waals surface area contributed by atoms with Crippen molar-refractivity contribution in [2.45, 2.75) is 19.8 Å². The van der Waals surface area contributed by atoms with E-state index in [0.717, 1.165) is 5.56 Å². The van der Waals surface area contributed by atoms with Gasteiger partial charge in [0.1, 0.15) is 5.75 Å². The number of hydrogen-bond donors (Lipinski definition) is 1. The standard InChI is InChI=1S/C11H17NO3S.H2/c1-9(2)10-3-5-11(6-4-10)15-16(13,14)8-7-12;/h3-6,9H,7-8,12H2,1-2H3;1H. The highest BCUT2D eigenvalue weighted by atomic mass is 32.2. The van der Waals surface area contributed by atoms with Gasteiger partial charge in [-0.15, -0.1) is 0 Å². The van der Waals surface area contributed by atoms with Gasteiger partial charge in [0.25, 0.3) is 0 Å². The van der Waals surface area contributed by atoms with Gasteiger partial charge in [-0.2, -0.15) is 8.42 Å². The van der Waals surface area contributed by atoms with E-state index >= 15 is 0 Å². The monoisotopic (exact) mass is 245 g/mol. The lowest BCUT2D eigenvalue weighted by molar-refractivity contribution is 0.486. The first kappa shape index (κ1) is 13.0. The molecule has 0 aliphatic rings. The Morgan fingerprint density at radius 3 is 2.31 bits per heavy atom. The summed E-state index contributed by atoms with van der Waals surface area (Å²) >= 11 is 0. The van der Waals surface area contributed by atoms with Crippen LogP contribution in [0.2, 0.25) is 0 Å². The Kier molecular flexibility index (Phi) is 4.32. The Bertz CT molecular complexity index is 429. The molecular formula is C11H19NO3S. The summed E-state index contributed by atoms with van der Waals surface area (Å²) in [6.45, 7) is 4.20. The molecular weight excluding hydrogens is 226 g/mol. The summed E-state index contributed by atoms with van der Waals surface area (Å²) in [6, 6.07) is 7.03. The molecule has 0 aliphatic heterocycles. The Balaban J connectivity index is 0.00000256. The van der Waals surface area contributed by atoms with Crippen molar-refractivity contribution in [2.24, 2.45) is 5.73 Å². The maximum atomic E-state index is 11.3. The van der Waals surface area contributed by atoms with E-state index in [1.54, 1.807) is 12.1 Å². The number of hydrogen-bond acceptors (Lipinski definition) is 4. The van der Waals surface area contributed by atoms with Crippen LogP contribution in [-0.4, -0.2) is 20.7 Å². The van der Waals surface area contributed by atoms with E-state index in [4.69, 9.17) is 9.92 Å². The van der Waals surface area contributed by atoms with Crippen LogP contribution < -0.4 is 9.92 Å². The molecule has 1 aromatic carbocycles. The van der Waals surface area contributed by atoms with Gasteiger partial charge in [0, 0.05) is 7.97 Å². The average Bonchev–Trinajstić information content (AvgIpc) is 2.17. The summed E-state index contributed by atoms with van der Waals surface area (Å²) in [5, 5.41) is 0. The van der Waals surface area contributed by atoms with E-state index in [1.165, 1.54) is 0 Å². The minimum Gasteiger partial charge on any atom is -0.382 e. The minimum atomic E-state index is -3.54. The van der Waals surface area contributed by atoms with Crippen molar-refractivity contribution in [3.05, 3.63) is 29.8 Å². The zero-order valence-corrected chi connectivity index (χ0v) is 10.3. The summed E-state index contributed by atoms with van der Waals surface area (Å²) in [4.78, 5) is 0. The molecule has 0 saturated heterocycles. The van der Waals surface area contributed by atoms with Crippen LogP contribution in [0.25, 0.3) is 0 Å². The first-order chi connectivity index (χ1) is 7.44. The Labute approximate surface area is 98.0 Å². The highest BCUT2D eigenvalue weighted by Gasteiger charge is 2.11. The third-order valence-electron chi connectivity index (χ3n) is 2.14. The molecule has 4 nitrogen and oxygen atoms in total. The van der Waals surface area contributed by atoms with Crippen LogP contribution in [0.15, 0.2) is 24.3 Å². The van der Waals surface area contributed by atoms with Crippen molar-refractivity contribution in [3.63, 3.8) is 0 Å². The van der Waals surface area contributed by atoms with E-state index in [9.17, 15) is 8.42 Å². The van der Waals surface area contributed by atoms with Gasteiger partial charge < -0.3 is 9.92 Å². The van der Waals surface area contributed by atoms with E-state index in [2.05, 4.69) is 13.8 Å². The van der Waals surface area contributed by atoms with Crippen LogP contribution >= 0.6 is 0 Å². The number of benzene rings is 1. The minimum absolute atomic E-state index is 0. The molecule has 0 heterocycles. The van der Waals surface area contributed by atoms with Crippen LogP contribution in [0, 0.1) is 0 Å². The molecule has 0 saturated carbocycles. The van der Waals surface area contributed by atoms with E-state index in [1.807, 2.05) is 12.1 Å². The van der Waals surface area contributed by atoms with Crippen molar-refractivity contribution in [3.8, 4) is 5.75 Å². The van der Waals surface area contributed by atoms with Crippen LogP contribution in [0.3, 0.4) is 0 Å². The molecule has 1 aromatic rings. The Hall–Kier alpha value is -1.07. The zero-order valence-electron chi connectivity index (χ0n) is 9.51.